The Labute approximate surface area is 189 Å². The zero-order valence-corrected chi connectivity index (χ0v) is 16.3. The molecule has 0 aromatic rings. The van der Waals surface area contributed by atoms with Gasteiger partial charge in [-0.1, -0.05) is 64.7 Å². The van der Waals surface area contributed by atoms with Crippen LogP contribution in [0.5, 0.6) is 0 Å². The van der Waals surface area contributed by atoms with Gasteiger partial charge < -0.3 is 30.3 Å². The third-order valence-electron chi connectivity index (χ3n) is 4.45. The molecule has 4 atom stereocenters. The van der Waals surface area contributed by atoms with Crippen LogP contribution in [-0.4, -0.2) is 98.1 Å². The van der Waals surface area contributed by atoms with Gasteiger partial charge >= 0.3 is 41.5 Å². The third-order valence-corrected chi connectivity index (χ3v) is 4.45. The maximum atomic E-state index is 11.6. The monoisotopic (exact) mass is 416 g/mol. The maximum absolute atomic E-state index is 11.6. The minimum atomic E-state index is -2.20. The molecule has 9 heteroatoms. The number of unbranched alkanes of at least 4 members (excludes halogenated alkanes) is 9. The minimum absolute atomic E-state index is 0. The molecular formula is C19H37NaO8. The molecule has 0 aliphatic rings. The Balaban J connectivity index is 0. The van der Waals surface area contributed by atoms with E-state index in [1.807, 2.05) is 0 Å². The van der Waals surface area contributed by atoms with Crippen molar-refractivity contribution in [2.75, 3.05) is 6.61 Å². The predicted molar refractivity (Wildman–Crippen MR) is 106 cm³/mol. The summed E-state index contributed by atoms with van der Waals surface area (Å²) in [5.74, 6) is -2.22. The summed E-state index contributed by atoms with van der Waals surface area (Å²) < 4.78 is 4.44. The fourth-order valence-corrected chi connectivity index (χ4v) is 2.64. The molecule has 0 heterocycles. The number of ether oxygens (including phenoxy) is 1. The first-order valence-corrected chi connectivity index (χ1v) is 9.92. The van der Waals surface area contributed by atoms with Crippen LogP contribution in [0.2, 0.25) is 0 Å². The van der Waals surface area contributed by atoms with E-state index in [9.17, 15) is 30.0 Å². The number of aliphatic hydroxyl groups is 5. The van der Waals surface area contributed by atoms with E-state index in [0.717, 1.165) is 19.3 Å². The molecule has 0 aromatic heterocycles. The van der Waals surface area contributed by atoms with Crippen LogP contribution < -0.4 is 0 Å². The van der Waals surface area contributed by atoms with Crippen LogP contribution in [0.1, 0.15) is 77.6 Å². The van der Waals surface area contributed by atoms with E-state index < -0.39 is 43.0 Å². The fraction of sp³-hybridized carbons (Fsp3) is 0.895. The predicted octanol–water partition coefficient (Wildman–Crippen LogP) is 0.155. The van der Waals surface area contributed by atoms with Crippen LogP contribution in [-0.2, 0) is 14.3 Å². The Morgan fingerprint density at radius 3 is 1.71 bits per heavy atom. The van der Waals surface area contributed by atoms with E-state index >= 15 is 0 Å². The summed E-state index contributed by atoms with van der Waals surface area (Å²) in [6.45, 7) is 1.32. The van der Waals surface area contributed by atoms with Gasteiger partial charge in [-0.25, -0.2) is 4.79 Å². The Hall–Kier alpha value is -0.0600. The number of carbonyl (C=O) groups excluding carboxylic acids is 2. The van der Waals surface area contributed by atoms with Crippen LogP contribution >= 0.6 is 0 Å². The van der Waals surface area contributed by atoms with Gasteiger partial charge in [0.15, 0.2) is 6.10 Å². The standard InChI is InChI=1S/C19H36O8.Na.H/c1-2-3-4-5-6-7-8-9-10-11-12-15(22)27-19(26)18(25)17(24)16(23)14(21)13-20;;/h14,16-18,20-21,23-25H,2-13H2,1H3;;/t14-,16-,17+,18-;;/m1../s1. The van der Waals surface area contributed by atoms with Crippen molar-refractivity contribution in [3.63, 3.8) is 0 Å². The van der Waals surface area contributed by atoms with Gasteiger partial charge in [0.1, 0.15) is 18.3 Å². The van der Waals surface area contributed by atoms with Gasteiger partial charge in [-0.3, -0.25) is 4.79 Å². The van der Waals surface area contributed by atoms with Crippen molar-refractivity contribution < 1.29 is 39.9 Å². The van der Waals surface area contributed by atoms with E-state index in [1.54, 1.807) is 0 Å². The molecule has 0 bridgehead atoms. The topological polar surface area (TPSA) is 145 Å². The summed E-state index contributed by atoms with van der Waals surface area (Å²) in [5.41, 5.74) is 0. The van der Waals surface area contributed by atoms with Crippen molar-refractivity contribution in [3.05, 3.63) is 0 Å². The molecule has 0 saturated carbocycles. The normalized spacial score (nSPS) is 15.2. The average molecular weight is 416 g/mol. The molecule has 0 unspecified atom stereocenters. The molecule has 0 radical (unpaired) electrons. The zero-order valence-electron chi connectivity index (χ0n) is 16.3. The molecule has 0 aliphatic carbocycles. The van der Waals surface area contributed by atoms with Gasteiger partial charge in [-0.05, 0) is 6.42 Å². The van der Waals surface area contributed by atoms with Crippen molar-refractivity contribution in [1.82, 2.24) is 0 Å². The van der Waals surface area contributed by atoms with E-state index in [-0.39, 0.29) is 36.0 Å². The zero-order chi connectivity index (χ0) is 20.7. The van der Waals surface area contributed by atoms with E-state index in [2.05, 4.69) is 11.7 Å². The first-order valence-electron chi connectivity index (χ1n) is 9.92. The van der Waals surface area contributed by atoms with Crippen molar-refractivity contribution in [3.8, 4) is 0 Å². The molecule has 0 fully saturated rings. The molecule has 162 valence electrons. The number of hydrogen-bond donors (Lipinski definition) is 5. The summed E-state index contributed by atoms with van der Waals surface area (Å²) in [7, 11) is 0. The Bertz CT molecular complexity index is 407. The second kappa shape index (κ2) is 18.9. The third kappa shape index (κ3) is 14.0. The van der Waals surface area contributed by atoms with Crippen LogP contribution in [0.25, 0.3) is 0 Å². The van der Waals surface area contributed by atoms with Crippen molar-refractivity contribution in [2.45, 2.75) is 102 Å². The Kier molecular flexibility index (Phi) is 20.4. The van der Waals surface area contributed by atoms with E-state index in [0.29, 0.717) is 6.42 Å². The molecule has 0 spiro atoms. The second-order valence-corrected chi connectivity index (χ2v) is 6.90. The van der Waals surface area contributed by atoms with Crippen molar-refractivity contribution >= 4 is 41.5 Å². The SMILES string of the molecule is CCCCCCCCCCCCC(=O)OC(=O)[C@H](O)[C@@H](O)[C@H](O)[C@H](O)CO.[NaH]. The molecule has 5 N–H and O–H groups in total. The number of rotatable bonds is 16. The van der Waals surface area contributed by atoms with Gasteiger partial charge in [-0.2, -0.15) is 0 Å². The van der Waals surface area contributed by atoms with E-state index in [1.165, 1.54) is 38.5 Å². The Morgan fingerprint density at radius 1 is 0.786 bits per heavy atom. The molecular weight excluding hydrogens is 379 g/mol. The van der Waals surface area contributed by atoms with E-state index in [4.69, 9.17) is 5.11 Å². The van der Waals surface area contributed by atoms with Crippen LogP contribution in [0.4, 0.5) is 0 Å². The molecule has 0 aromatic carbocycles. The van der Waals surface area contributed by atoms with Crippen molar-refractivity contribution in [2.24, 2.45) is 0 Å². The van der Waals surface area contributed by atoms with Crippen molar-refractivity contribution in [1.29, 1.82) is 0 Å². The fourth-order valence-electron chi connectivity index (χ4n) is 2.64. The van der Waals surface area contributed by atoms with Gasteiger partial charge in [0.25, 0.3) is 0 Å². The summed E-state index contributed by atoms with van der Waals surface area (Å²) in [6, 6.07) is 0. The molecule has 0 saturated heterocycles. The average Bonchev–Trinajstić information content (AvgIpc) is 2.66. The van der Waals surface area contributed by atoms with Crippen LogP contribution in [0.15, 0.2) is 0 Å². The molecule has 0 rings (SSSR count). The number of hydrogen-bond acceptors (Lipinski definition) is 8. The molecule has 28 heavy (non-hydrogen) atoms. The summed E-state index contributed by atoms with van der Waals surface area (Å²) in [5, 5.41) is 46.4. The summed E-state index contributed by atoms with van der Waals surface area (Å²) in [6.07, 6.45) is 3.05. The number of aliphatic hydroxyl groups excluding tert-OH is 5. The number of carbonyl (C=O) groups is 2. The second-order valence-electron chi connectivity index (χ2n) is 6.90. The molecule has 0 amide bonds. The Morgan fingerprint density at radius 2 is 1.25 bits per heavy atom. The summed E-state index contributed by atoms with van der Waals surface area (Å²) >= 11 is 0. The van der Waals surface area contributed by atoms with Crippen LogP contribution in [0, 0.1) is 0 Å². The van der Waals surface area contributed by atoms with Gasteiger partial charge in [0.2, 0.25) is 0 Å². The quantitative estimate of drug-likeness (QED) is 0.104. The first-order chi connectivity index (χ1) is 12.8. The van der Waals surface area contributed by atoms with Gasteiger partial charge in [0, 0.05) is 6.42 Å². The molecule has 8 nitrogen and oxygen atoms in total. The van der Waals surface area contributed by atoms with Gasteiger partial charge in [-0.15, -0.1) is 0 Å². The van der Waals surface area contributed by atoms with Gasteiger partial charge in [0.05, 0.1) is 6.61 Å². The number of esters is 2. The summed E-state index contributed by atoms with van der Waals surface area (Å²) in [4.78, 5) is 23.2. The first kappa shape index (κ1) is 30.1. The van der Waals surface area contributed by atoms with Crippen LogP contribution in [0.3, 0.4) is 0 Å². The molecule has 0 aliphatic heterocycles.